The van der Waals surface area contributed by atoms with Crippen LogP contribution < -0.4 is 0 Å². The number of aryl methyl sites for hydroxylation is 1. The summed E-state index contributed by atoms with van der Waals surface area (Å²) in [4.78, 5) is 19.9. The second-order valence-corrected chi connectivity index (χ2v) is 5.40. The van der Waals surface area contributed by atoms with Crippen LogP contribution in [0.15, 0.2) is 10.8 Å². The molecule has 3 nitrogen and oxygen atoms in total. The van der Waals surface area contributed by atoms with E-state index in [4.69, 9.17) is 11.6 Å². The summed E-state index contributed by atoms with van der Waals surface area (Å²) in [5, 5.41) is 5.69. The minimum absolute atomic E-state index is 0.0144. The number of carbonyl (C=O) groups excluding carboxylic acids is 1. The van der Waals surface area contributed by atoms with Gasteiger partial charge in [-0.1, -0.05) is 0 Å². The zero-order chi connectivity index (χ0) is 11.5. The topological polar surface area (TPSA) is 42.9 Å². The van der Waals surface area contributed by atoms with Crippen LogP contribution in [0, 0.1) is 6.92 Å². The molecule has 2 rings (SSSR count). The van der Waals surface area contributed by atoms with Gasteiger partial charge in [0, 0.05) is 16.5 Å². The fourth-order valence-electron chi connectivity index (χ4n) is 1.20. The van der Waals surface area contributed by atoms with Gasteiger partial charge in [-0.25, -0.2) is 9.97 Å². The summed E-state index contributed by atoms with van der Waals surface area (Å²) in [7, 11) is 0. The first-order valence-corrected chi connectivity index (χ1v) is 6.93. The van der Waals surface area contributed by atoms with Crippen molar-refractivity contribution in [2.75, 3.05) is 5.88 Å². The number of halogens is 1. The number of nitrogens with zero attached hydrogens (tertiary/aromatic N) is 2. The fraction of sp³-hybridized carbons (Fsp3) is 0.300. The van der Waals surface area contributed by atoms with E-state index < -0.39 is 0 Å². The number of hydrogen-bond donors (Lipinski definition) is 0. The number of thiazole rings is 2. The van der Waals surface area contributed by atoms with Gasteiger partial charge in [0.05, 0.1) is 17.3 Å². The van der Waals surface area contributed by atoms with E-state index in [0.717, 1.165) is 15.7 Å². The summed E-state index contributed by atoms with van der Waals surface area (Å²) in [6.07, 6.45) is 0.693. The van der Waals surface area contributed by atoms with Crippen molar-refractivity contribution in [1.29, 1.82) is 0 Å². The van der Waals surface area contributed by atoms with Gasteiger partial charge in [-0.2, -0.15) is 0 Å². The number of Topliss-reactive ketones (excluding diaryl/α,β-unsaturated/α-hetero) is 1. The van der Waals surface area contributed by atoms with Gasteiger partial charge in [0.2, 0.25) is 0 Å². The van der Waals surface area contributed by atoms with Gasteiger partial charge >= 0.3 is 0 Å². The Morgan fingerprint density at radius 3 is 2.62 bits per heavy atom. The lowest BCUT2D eigenvalue weighted by Gasteiger charge is -1.90. The Hall–Kier alpha value is -0.780. The van der Waals surface area contributed by atoms with Crippen molar-refractivity contribution in [2.45, 2.75) is 13.3 Å². The standard InChI is InChI=1S/C10H9ClN2OS2/c1-6-4-15-9(12-6)2-10-13-7(5-16-10)8(14)3-11/h4-5H,2-3H2,1H3. The number of ketones is 1. The van der Waals surface area contributed by atoms with Crippen LogP contribution >= 0.6 is 34.3 Å². The van der Waals surface area contributed by atoms with E-state index in [1.165, 1.54) is 11.3 Å². The molecule has 0 aliphatic heterocycles. The lowest BCUT2D eigenvalue weighted by atomic mass is 10.3. The number of rotatable bonds is 4. The summed E-state index contributed by atoms with van der Waals surface area (Å²) in [5.41, 5.74) is 1.48. The van der Waals surface area contributed by atoms with Crippen LogP contribution in [-0.2, 0) is 6.42 Å². The molecule has 6 heteroatoms. The third-order valence-electron chi connectivity index (χ3n) is 1.93. The molecule has 0 saturated carbocycles. The van der Waals surface area contributed by atoms with Crippen LogP contribution in [0.5, 0.6) is 0 Å². The van der Waals surface area contributed by atoms with Gasteiger partial charge < -0.3 is 0 Å². The number of hydrogen-bond acceptors (Lipinski definition) is 5. The molecule has 0 radical (unpaired) electrons. The third-order valence-corrected chi connectivity index (χ3v) is 3.99. The molecule has 0 unspecified atom stereocenters. The first-order valence-electron chi connectivity index (χ1n) is 4.63. The van der Waals surface area contributed by atoms with Gasteiger partial charge in [-0.05, 0) is 6.92 Å². The van der Waals surface area contributed by atoms with Crippen molar-refractivity contribution in [3.63, 3.8) is 0 Å². The van der Waals surface area contributed by atoms with Crippen molar-refractivity contribution >= 4 is 40.1 Å². The minimum atomic E-state index is -0.125. The van der Waals surface area contributed by atoms with Gasteiger partial charge in [0.1, 0.15) is 10.7 Å². The number of alkyl halides is 1. The largest absolute Gasteiger partial charge is 0.291 e. The second-order valence-electron chi connectivity index (χ2n) is 3.24. The molecule has 2 aromatic heterocycles. The Kier molecular flexibility index (Phi) is 3.68. The Morgan fingerprint density at radius 2 is 2.00 bits per heavy atom. The molecule has 0 aromatic carbocycles. The highest BCUT2D eigenvalue weighted by molar-refractivity contribution is 7.11. The molecule has 84 valence electrons. The monoisotopic (exact) mass is 272 g/mol. The quantitative estimate of drug-likeness (QED) is 0.635. The van der Waals surface area contributed by atoms with E-state index in [1.54, 1.807) is 16.7 Å². The number of aromatic nitrogens is 2. The van der Waals surface area contributed by atoms with Gasteiger partial charge in [0.25, 0.3) is 0 Å². The number of carbonyl (C=O) groups is 1. The molecule has 0 atom stereocenters. The van der Waals surface area contributed by atoms with Crippen molar-refractivity contribution in [3.05, 3.63) is 32.2 Å². The molecule has 0 spiro atoms. The summed E-state index contributed by atoms with van der Waals surface area (Å²) >= 11 is 8.55. The summed E-state index contributed by atoms with van der Waals surface area (Å²) in [6, 6.07) is 0. The van der Waals surface area contributed by atoms with Crippen LogP contribution in [0.1, 0.15) is 26.2 Å². The Balaban J connectivity index is 2.11. The van der Waals surface area contributed by atoms with Crippen molar-refractivity contribution in [1.82, 2.24) is 9.97 Å². The van der Waals surface area contributed by atoms with Crippen molar-refractivity contribution in [3.8, 4) is 0 Å². The van der Waals surface area contributed by atoms with E-state index in [1.807, 2.05) is 12.3 Å². The highest BCUT2D eigenvalue weighted by Crippen LogP contribution is 2.18. The van der Waals surface area contributed by atoms with E-state index in [9.17, 15) is 4.79 Å². The van der Waals surface area contributed by atoms with Gasteiger partial charge in [-0.3, -0.25) is 4.79 Å². The molecule has 16 heavy (non-hydrogen) atoms. The summed E-state index contributed by atoms with van der Waals surface area (Å²) in [5.74, 6) is -0.140. The van der Waals surface area contributed by atoms with Crippen LogP contribution in [0.4, 0.5) is 0 Å². The van der Waals surface area contributed by atoms with Gasteiger partial charge in [-0.15, -0.1) is 34.3 Å². The molecule has 0 bridgehead atoms. The maximum atomic E-state index is 11.3. The molecule has 2 heterocycles. The summed E-state index contributed by atoms with van der Waals surface area (Å²) in [6.45, 7) is 1.96. The van der Waals surface area contributed by atoms with E-state index in [0.29, 0.717) is 12.1 Å². The Labute approximate surface area is 106 Å². The van der Waals surface area contributed by atoms with Gasteiger partial charge in [0.15, 0.2) is 5.78 Å². The molecule has 2 aromatic rings. The van der Waals surface area contributed by atoms with Crippen LogP contribution in [-0.4, -0.2) is 21.6 Å². The Bertz CT molecular complexity index is 506. The molecule has 0 aliphatic rings. The normalized spacial score (nSPS) is 10.6. The summed E-state index contributed by atoms with van der Waals surface area (Å²) < 4.78 is 0. The average molecular weight is 273 g/mol. The Morgan fingerprint density at radius 1 is 1.31 bits per heavy atom. The molecular formula is C10H9ClN2OS2. The molecule has 0 fully saturated rings. The predicted molar refractivity (Wildman–Crippen MR) is 66.8 cm³/mol. The van der Waals surface area contributed by atoms with Crippen LogP contribution in [0.25, 0.3) is 0 Å². The maximum absolute atomic E-state index is 11.3. The lowest BCUT2D eigenvalue weighted by Crippen LogP contribution is -2.00. The molecule has 0 aliphatic carbocycles. The van der Waals surface area contributed by atoms with E-state index in [-0.39, 0.29) is 11.7 Å². The lowest BCUT2D eigenvalue weighted by molar-refractivity contribution is 0.101. The first kappa shape index (κ1) is 11.7. The molecule has 0 N–H and O–H groups in total. The third kappa shape index (κ3) is 2.66. The smallest absolute Gasteiger partial charge is 0.196 e. The predicted octanol–water partition coefficient (Wildman–Crippen LogP) is 2.92. The highest BCUT2D eigenvalue weighted by Gasteiger charge is 2.10. The first-order chi connectivity index (χ1) is 7.69. The molecule has 0 amide bonds. The fourth-order valence-corrected chi connectivity index (χ4v) is 3.01. The average Bonchev–Trinajstić information content (AvgIpc) is 2.87. The highest BCUT2D eigenvalue weighted by atomic mass is 35.5. The SMILES string of the molecule is Cc1csc(Cc2nc(C(=O)CCl)cs2)n1. The van der Waals surface area contributed by atoms with E-state index >= 15 is 0 Å². The molecule has 0 saturated heterocycles. The van der Waals surface area contributed by atoms with E-state index in [2.05, 4.69) is 9.97 Å². The zero-order valence-electron chi connectivity index (χ0n) is 8.57. The minimum Gasteiger partial charge on any atom is -0.291 e. The van der Waals surface area contributed by atoms with Crippen LogP contribution in [0.2, 0.25) is 0 Å². The van der Waals surface area contributed by atoms with Crippen molar-refractivity contribution < 1.29 is 4.79 Å². The zero-order valence-corrected chi connectivity index (χ0v) is 11.0. The maximum Gasteiger partial charge on any atom is 0.196 e. The second kappa shape index (κ2) is 5.03. The molecular weight excluding hydrogens is 264 g/mol. The van der Waals surface area contributed by atoms with Crippen LogP contribution in [0.3, 0.4) is 0 Å². The van der Waals surface area contributed by atoms with Crippen molar-refractivity contribution in [2.24, 2.45) is 0 Å².